The average molecular weight is 526 g/mol. The summed E-state index contributed by atoms with van der Waals surface area (Å²) in [5.41, 5.74) is 5.97. The van der Waals surface area contributed by atoms with E-state index in [4.69, 9.17) is 9.84 Å². The number of benzene rings is 3. The van der Waals surface area contributed by atoms with E-state index in [1.807, 2.05) is 52.0 Å². The van der Waals surface area contributed by atoms with Crippen molar-refractivity contribution in [1.82, 2.24) is 19.6 Å². The number of nitro groups is 1. The molecule has 0 atom stereocenters. The van der Waals surface area contributed by atoms with Crippen LogP contribution in [0, 0.1) is 24.0 Å². The molecule has 4 aromatic rings. The number of hydrogen-bond donors (Lipinski definition) is 0. The third-order valence-corrected chi connectivity index (χ3v) is 7.11. The SMILES string of the molecule is Cc1nn(-c2ccccc2)c(C)c1CN1CCN(C(=O)c2cccc(COc3ccc([N+](=O)[O-])cc3)c2)CC1. The van der Waals surface area contributed by atoms with Crippen molar-refractivity contribution < 1.29 is 14.5 Å². The molecule has 0 bridgehead atoms. The number of piperazine rings is 1. The second kappa shape index (κ2) is 11.5. The number of aromatic nitrogens is 2. The zero-order valence-electron chi connectivity index (χ0n) is 22.1. The smallest absolute Gasteiger partial charge is 0.269 e. The maximum absolute atomic E-state index is 13.3. The Morgan fingerprint density at radius 2 is 1.67 bits per heavy atom. The van der Waals surface area contributed by atoms with Crippen molar-refractivity contribution in [2.75, 3.05) is 26.2 Å². The molecule has 0 saturated carbocycles. The van der Waals surface area contributed by atoms with Crippen LogP contribution in [-0.2, 0) is 13.2 Å². The van der Waals surface area contributed by atoms with Gasteiger partial charge in [-0.1, -0.05) is 30.3 Å². The van der Waals surface area contributed by atoms with Gasteiger partial charge in [0.2, 0.25) is 0 Å². The molecule has 1 aromatic heterocycles. The first kappa shape index (κ1) is 26.1. The number of nitrogens with zero attached hydrogens (tertiary/aromatic N) is 5. The summed E-state index contributed by atoms with van der Waals surface area (Å²) >= 11 is 0. The number of ether oxygens (including phenoxy) is 1. The van der Waals surface area contributed by atoms with Gasteiger partial charge in [0.25, 0.3) is 11.6 Å². The minimum Gasteiger partial charge on any atom is -0.489 e. The van der Waals surface area contributed by atoms with Gasteiger partial charge in [0.05, 0.1) is 16.3 Å². The summed E-state index contributed by atoms with van der Waals surface area (Å²) in [6, 6.07) is 23.6. The van der Waals surface area contributed by atoms with Gasteiger partial charge in [-0.2, -0.15) is 5.10 Å². The zero-order chi connectivity index (χ0) is 27.4. The number of carbonyl (C=O) groups is 1. The molecule has 0 aliphatic carbocycles. The van der Waals surface area contributed by atoms with Crippen molar-refractivity contribution in [1.29, 1.82) is 0 Å². The number of nitro benzene ring substituents is 1. The highest BCUT2D eigenvalue weighted by Crippen LogP contribution is 2.22. The fraction of sp³-hybridized carbons (Fsp3) is 0.267. The number of amides is 1. The average Bonchev–Trinajstić information content (AvgIpc) is 3.25. The first-order valence-corrected chi connectivity index (χ1v) is 13.0. The number of aryl methyl sites for hydroxylation is 1. The Kier molecular flexibility index (Phi) is 7.69. The minimum absolute atomic E-state index is 0.0103. The maximum atomic E-state index is 13.3. The molecular formula is C30H31N5O4. The molecule has 3 aromatic carbocycles. The van der Waals surface area contributed by atoms with Crippen molar-refractivity contribution >= 4 is 11.6 Å². The summed E-state index contributed by atoms with van der Waals surface area (Å²) < 4.78 is 7.77. The number of non-ortho nitro benzene ring substituents is 1. The Balaban J connectivity index is 1.16. The van der Waals surface area contributed by atoms with E-state index in [1.54, 1.807) is 12.1 Å². The first-order valence-electron chi connectivity index (χ1n) is 13.0. The quantitative estimate of drug-likeness (QED) is 0.239. The van der Waals surface area contributed by atoms with Gasteiger partial charge >= 0.3 is 0 Å². The molecular weight excluding hydrogens is 494 g/mol. The second-order valence-corrected chi connectivity index (χ2v) is 9.71. The van der Waals surface area contributed by atoms with E-state index >= 15 is 0 Å². The predicted octanol–water partition coefficient (Wildman–Crippen LogP) is 4.93. The van der Waals surface area contributed by atoms with Gasteiger partial charge in [-0.05, 0) is 55.8 Å². The van der Waals surface area contributed by atoms with Gasteiger partial charge in [0, 0.05) is 61.7 Å². The molecule has 200 valence electrons. The summed E-state index contributed by atoms with van der Waals surface area (Å²) in [5.74, 6) is 0.546. The zero-order valence-corrected chi connectivity index (χ0v) is 22.1. The molecule has 39 heavy (non-hydrogen) atoms. The minimum atomic E-state index is -0.444. The molecule has 1 aliphatic rings. The Hall–Kier alpha value is -4.50. The Morgan fingerprint density at radius 1 is 0.949 bits per heavy atom. The van der Waals surface area contributed by atoms with Crippen LogP contribution in [0.4, 0.5) is 5.69 Å². The van der Waals surface area contributed by atoms with Crippen LogP contribution in [0.15, 0.2) is 78.9 Å². The molecule has 9 heteroatoms. The lowest BCUT2D eigenvalue weighted by molar-refractivity contribution is -0.384. The fourth-order valence-electron chi connectivity index (χ4n) is 4.86. The predicted molar refractivity (Wildman–Crippen MR) is 148 cm³/mol. The molecule has 1 saturated heterocycles. The van der Waals surface area contributed by atoms with Gasteiger partial charge in [-0.3, -0.25) is 19.8 Å². The lowest BCUT2D eigenvalue weighted by Crippen LogP contribution is -2.48. The normalized spacial score (nSPS) is 13.8. The van der Waals surface area contributed by atoms with Crippen LogP contribution in [0.3, 0.4) is 0 Å². The van der Waals surface area contributed by atoms with E-state index in [-0.39, 0.29) is 18.2 Å². The number of para-hydroxylation sites is 1. The molecule has 0 spiro atoms. The maximum Gasteiger partial charge on any atom is 0.269 e. The van der Waals surface area contributed by atoms with Crippen LogP contribution in [0.2, 0.25) is 0 Å². The molecule has 1 fully saturated rings. The number of carbonyl (C=O) groups excluding carboxylic acids is 1. The van der Waals surface area contributed by atoms with Crippen LogP contribution < -0.4 is 4.74 Å². The molecule has 5 rings (SSSR count). The van der Waals surface area contributed by atoms with Crippen LogP contribution in [-0.4, -0.2) is 56.6 Å². The molecule has 0 N–H and O–H groups in total. The molecule has 1 aliphatic heterocycles. The van der Waals surface area contributed by atoms with Crippen LogP contribution in [0.5, 0.6) is 5.75 Å². The molecule has 0 unspecified atom stereocenters. The van der Waals surface area contributed by atoms with E-state index < -0.39 is 4.92 Å². The summed E-state index contributed by atoms with van der Waals surface area (Å²) in [5, 5.41) is 15.6. The van der Waals surface area contributed by atoms with Crippen LogP contribution >= 0.6 is 0 Å². The third-order valence-electron chi connectivity index (χ3n) is 7.11. The van der Waals surface area contributed by atoms with E-state index in [2.05, 4.69) is 30.9 Å². The van der Waals surface area contributed by atoms with Crippen molar-refractivity contribution in [2.45, 2.75) is 27.0 Å². The second-order valence-electron chi connectivity index (χ2n) is 9.71. The van der Waals surface area contributed by atoms with Gasteiger partial charge in [-0.15, -0.1) is 0 Å². The molecule has 9 nitrogen and oxygen atoms in total. The number of hydrogen-bond acceptors (Lipinski definition) is 6. The fourth-order valence-corrected chi connectivity index (χ4v) is 4.86. The molecule has 0 radical (unpaired) electrons. The summed E-state index contributed by atoms with van der Waals surface area (Å²) in [6.45, 7) is 8.15. The topological polar surface area (TPSA) is 93.7 Å². The lowest BCUT2D eigenvalue weighted by Gasteiger charge is -2.35. The lowest BCUT2D eigenvalue weighted by atomic mass is 10.1. The van der Waals surface area contributed by atoms with E-state index in [0.717, 1.165) is 42.3 Å². The largest absolute Gasteiger partial charge is 0.489 e. The van der Waals surface area contributed by atoms with Gasteiger partial charge < -0.3 is 9.64 Å². The van der Waals surface area contributed by atoms with E-state index in [0.29, 0.717) is 24.4 Å². The first-order chi connectivity index (χ1) is 18.9. The van der Waals surface area contributed by atoms with Crippen molar-refractivity contribution in [3.63, 3.8) is 0 Å². The van der Waals surface area contributed by atoms with Gasteiger partial charge in [0.15, 0.2) is 0 Å². The molecule has 1 amide bonds. The Labute approximate surface area is 227 Å². The van der Waals surface area contributed by atoms with Crippen LogP contribution in [0.25, 0.3) is 5.69 Å². The van der Waals surface area contributed by atoms with Crippen molar-refractivity contribution in [2.24, 2.45) is 0 Å². The monoisotopic (exact) mass is 525 g/mol. The standard InChI is InChI=1S/C30H31N5O4/c1-22-29(23(2)34(31-22)26-9-4-3-5-10-26)20-32-15-17-33(18-16-32)30(36)25-8-6-7-24(19-25)21-39-28-13-11-27(12-14-28)35(37)38/h3-14,19H,15-18,20-21H2,1-2H3. The Morgan fingerprint density at radius 3 is 2.36 bits per heavy atom. The highest BCUT2D eigenvalue weighted by Gasteiger charge is 2.24. The Bertz CT molecular complexity index is 1460. The third kappa shape index (κ3) is 5.99. The summed E-state index contributed by atoms with van der Waals surface area (Å²) in [4.78, 5) is 27.9. The number of rotatable bonds is 8. The van der Waals surface area contributed by atoms with Crippen molar-refractivity contribution in [3.8, 4) is 11.4 Å². The van der Waals surface area contributed by atoms with Gasteiger partial charge in [0.1, 0.15) is 12.4 Å². The van der Waals surface area contributed by atoms with E-state index in [1.165, 1.54) is 17.7 Å². The van der Waals surface area contributed by atoms with Gasteiger partial charge in [-0.25, -0.2) is 4.68 Å². The summed E-state index contributed by atoms with van der Waals surface area (Å²) in [6.07, 6.45) is 0. The highest BCUT2D eigenvalue weighted by atomic mass is 16.6. The van der Waals surface area contributed by atoms with Crippen LogP contribution in [0.1, 0.15) is 32.9 Å². The van der Waals surface area contributed by atoms with Crippen molar-refractivity contribution in [3.05, 3.63) is 117 Å². The summed E-state index contributed by atoms with van der Waals surface area (Å²) in [7, 11) is 0. The highest BCUT2D eigenvalue weighted by molar-refractivity contribution is 5.94. The molecule has 2 heterocycles. The van der Waals surface area contributed by atoms with E-state index in [9.17, 15) is 14.9 Å².